The fraction of sp³-hybridized carbons (Fsp3) is 0.458. The maximum atomic E-state index is 12.5. The summed E-state index contributed by atoms with van der Waals surface area (Å²) < 4.78 is 11.8. The van der Waals surface area contributed by atoms with Crippen molar-refractivity contribution in [2.45, 2.75) is 59.5 Å². The molecule has 1 amide bonds. The number of carbonyl (C=O) groups excluding carboxylic acids is 1. The van der Waals surface area contributed by atoms with Gasteiger partial charge in [-0.15, -0.1) is 0 Å². The van der Waals surface area contributed by atoms with Gasteiger partial charge in [0.05, 0.1) is 6.61 Å². The zero-order valence-corrected chi connectivity index (χ0v) is 17.6. The molecule has 0 aliphatic rings. The Kier molecular flexibility index (Phi) is 8.86. The summed E-state index contributed by atoms with van der Waals surface area (Å²) >= 11 is 0. The van der Waals surface area contributed by atoms with Gasteiger partial charge in [0.15, 0.2) is 6.10 Å². The normalized spacial score (nSPS) is 11.7. The van der Waals surface area contributed by atoms with E-state index in [0.717, 1.165) is 42.9 Å². The zero-order chi connectivity index (χ0) is 20.4. The molecule has 4 nitrogen and oxygen atoms in total. The first-order valence-electron chi connectivity index (χ1n) is 10.3. The molecule has 0 heterocycles. The second kappa shape index (κ2) is 11.4. The standard InChI is InChI=1S/C24H33NO3/c1-5-16-27-23-12-8-7-10-20(23)11-9-15-25-24(26)21(6-2)28-22-14-13-18(3)17-19(22)4/h7-8,10,12-14,17,21H,5-6,9,11,15-16H2,1-4H3,(H,25,26). The molecule has 0 fully saturated rings. The zero-order valence-electron chi connectivity index (χ0n) is 17.6. The first-order valence-corrected chi connectivity index (χ1v) is 10.3. The average Bonchev–Trinajstić information content (AvgIpc) is 2.69. The molecule has 2 aromatic carbocycles. The second-order valence-electron chi connectivity index (χ2n) is 7.13. The van der Waals surface area contributed by atoms with Gasteiger partial charge in [-0.3, -0.25) is 4.79 Å². The lowest BCUT2D eigenvalue weighted by atomic mass is 10.1. The third-order valence-electron chi connectivity index (χ3n) is 4.62. The number of rotatable bonds is 11. The number of benzene rings is 2. The Morgan fingerprint density at radius 2 is 1.86 bits per heavy atom. The van der Waals surface area contributed by atoms with E-state index in [1.165, 1.54) is 11.1 Å². The molecule has 1 unspecified atom stereocenters. The van der Waals surface area contributed by atoms with Crippen molar-refractivity contribution in [3.05, 3.63) is 59.2 Å². The summed E-state index contributed by atoms with van der Waals surface area (Å²) in [7, 11) is 0. The molecule has 0 bridgehead atoms. The largest absolute Gasteiger partial charge is 0.493 e. The Balaban J connectivity index is 1.82. The Morgan fingerprint density at radius 1 is 1.07 bits per heavy atom. The van der Waals surface area contributed by atoms with Crippen molar-refractivity contribution in [3.8, 4) is 11.5 Å². The third kappa shape index (κ3) is 6.59. The van der Waals surface area contributed by atoms with Crippen molar-refractivity contribution in [1.82, 2.24) is 5.32 Å². The summed E-state index contributed by atoms with van der Waals surface area (Å²) in [6, 6.07) is 14.1. The lowest BCUT2D eigenvalue weighted by molar-refractivity contribution is -0.128. The van der Waals surface area contributed by atoms with E-state index in [0.29, 0.717) is 13.0 Å². The predicted molar refractivity (Wildman–Crippen MR) is 114 cm³/mol. The van der Waals surface area contributed by atoms with Crippen molar-refractivity contribution in [2.75, 3.05) is 13.2 Å². The highest BCUT2D eigenvalue weighted by atomic mass is 16.5. The van der Waals surface area contributed by atoms with E-state index in [1.807, 2.05) is 51.1 Å². The van der Waals surface area contributed by atoms with Crippen LogP contribution in [0.15, 0.2) is 42.5 Å². The minimum atomic E-state index is -0.471. The molecule has 0 aliphatic heterocycles. The summed E-state index contributed by atoms with van der Waals surface area (Å²) in [4.78, 5) is 12.5. The van der Waals surface area contributed by atoms with Crippen molar-refractivity contribution in [1.29, 1.82) is 0 Å². The molecule has 1 atom stereocenters. The molecule has 152 valence electrons. The van der Waals surface area contributed by atoms with Crippen LogP contribution in [0, 0.1) is 13.8 Å². The molecule has 28 heavy (non-hydrogen) atoms. The van der Waals surface area contributed by atoms with Crippen LogP contribution in [-0.2, 0) is 11.2 Å². The molecule has 2 aromatic rings. The first kappa shape index (κ1) is 21.8. The summed E-state index contributed by atoms with van der Waals surface area (Å²) in [5.41, 5.74) is 3.42. The molecule has 0 radical (unpaired) electrons. The van der Waals surface area contributed by atoms with E-state index < -0.39 is 6.10 Å². The van der Waals surface area contributed by atoms with E-state index >= 15 is 0 Å². The summed E-state index contributed by atoms with van der Waals surface area (Å²) in [6.07, 6.45) is 2.88. The maximum absolute atomic E-state index is 12.5. The summed E-state index contributed by atoms with van der Waals surface area (Å²) in [5.74, 6) is 1.66. The topological polar surface area (TPSA) is 47.6 Å². The van der Waals surface area contributed by atoms with Crippen LogP contribution in [0.2, 0.25) is 0 Å². The summed E-state index contributed by atoms with van der Waals surface area (Å²) in [6.45, 7) is 9.46. The van der Waals surface area contributed by atoms with Gasteiger partial charge >= 0.3 is 0 Å². The minimum absolute atomic E-state index is 0.0574. The monoisotopic (exact) mass is 383 g/mol. The van der Waals surface area contributed by atoms with Crippen molar-refractivity contribution >= 4 is 5.91 Å². The molecule has 0 aliphatic carbocycles. The highest BCUT2D eigenvalue weighted by Gasteiger charge is 2.18. The number of carbonyl (C=O) groups is 1. The van der Waals surface area contributed by atoms with Crippen LogP contribution in [0.5, 0.6) is 11.5 Å². The number of para-hydroxylation sites is 1. The molecule has 4 heteroatoms. The molecule has 2 rings (SSSR count). The molecule has 0 spiro atoms. The van der Waals surface area contributed by atoms with E-state index in [-0.39, 0.29) is 5.91 Å². The van der Waals surface area contributed by atoms with Gasteiger partial charge in [-0.1, -0.05) is 49.7 Å². The Bertz CT molecular complexity index is 757. The predicted octanol–water partition coefficient (Wildman–Crippen LogP) is 5.00. The SMILES string of the molecule is CCCOc1ccccc1CCCNC(=O)C(CC)Oc1ccc(C)cc1C. The molecule has 1 N–H and O–H groups in total. The number of aryl methyl sites for hydroxylation is 3. The third-order valence-corrected chi connectivity index (χ3v) is 4.62. The van der Waals surface area contributed by atoms with Crippen LogP contribution < -0.4 is 14.8 Å². The molecular weight excluding hydrogens is 350 g/mol. The van der Waals surface area contributed by atoms with Crippen LogP contribution in [0.25, 0.3) is 0 Å². The van der Waals surface area contributed by atoms with Crippen LogP contribution in [0.4, 0.5) is 0 Å². The van der Waals surface area contributed by atoms with Crippen molar-refractivity contribution in [2.24, 2.45) is 0 Å². The van der Waals surface area contributed by atoms with E-state index in [1.54, 1.807) is 0 Å². The fourth-order valence-corrected chi connectivity index (χ4v) is 3.07. The van der Waals surface area contributed by atoms with E-state index in [9.17, 15) is 4.79 Å². The number of ether oxygens (including phenoxy) is 2. The average molecular weight is 384 g/mol. The quantitative estimate of drug-likeness (QED) is 0.556. The van der Waals surface area contributed by atoms with Gasteiger partial charge in [-0.2, -0.15) is 0 Å². The lowest BCUT2D eigenvalue weighted by Gasteiger charge is -2.19. The minimum Gasteiger partial charge on any atom is -0.493 e. The maximum Gasteiger partial charge on any atom is 0.261 e. The smallest absolute Gasteiger partial charge is 0.261 e. The van der Waals surface area contributed by atoms with Gasteiger partial charge in [-0.05, 0) is 62.8 Å². The lowest BCUT2D eigenvalue weighted by Crippen LogP contribution is -2.38. The number of hydrogen-bond donors (Lipinski definition) is 1. The van der Waals surface area contributed by atoms with Crippen LogP contribution in [0.3, 0.4) is 0 Å². The van der Waals surface area contributed by atoms with E-state index in [4.69, 9.17) is 9.47 Å². The first-order chi connectivity index (χ1) is 13.5. The number of hydrogen-bond acceptors (Lipinski definition) is 3. The molecule has 0 saturated carbocycles. The van der Waals surface area contributed by atoms with Crippen LogP contribution in [-0.4, -0.2) is 25.2 Å². The van der Waals surface area contributed by atoms with E-state index in [2.05, 4.69) is 24.4 Å². The Hall–Kier alpha value is -2.49. The molecular formula is C24H33NO3. The van der Waals surface area contributed by atoms with Gasteiger partial charge < -0.3 is 14.8 Å². The van der Waals surface area contributed by atoms with Gasteiger partial charge in [0.2, 0.25) is 0 Å². The number of amides is 1. The van der Waals surface area contributed by atoms with Crippen molar-refractivity contribution < 1.29 is 14.3 Å². The van der Waals surface area contributed by atoms with Gasteiger partial charge in [0, 0.05) is 6.54 Å². The Morgan fingerprint density at radius 3 is 2.57 bits per heavy atom. The number of nitrogens with one attached hydrogen (secondary N) is 1. The second-order valence-corrected chi connectivity index (χ2v) is 7.13. The van der Waals surface area contributed by atoms with Gasteiger partial charge in [-0.25, -0.2) is 0 Å². The Labute approximate surface area is 169 Å². The van der Waals surface area contributed by atoms with Gasteiger partial charge in [0.25, 0.3) is 5.91 Å². The summed E-state index contributed by atoms with van der Waals surface area (Å²) in [5, 5.41) is 3.01. The van der Waals surface area contributed by atoms with Gasteiger partial charge in [0.1, 0.15) is 11.5 Å². The van der Waals surface area contributed by atoms with Crippen molar-refractivity contribution in [3.63, 3.8) is 0 Å². The van der Waals surface area contributed by atoms with Crippen LogP contribution in [0.1, 0.15) is 49.8 Å². The molecule has 0 saturated heterocycles. The van der Waals surface area contributed by atoms with Crippen LogP contribution >= 0.6 is 0 Å². The highest BCUT2D eigenvalue weighted by molar-refractivity contribution is 5.81. The fourth-order valence-electron chi connectivity index (χ4n) is 3.07. The molecule has 0 aromatic heterocycles. The highest BCUT2D eigenvalue weighted by Crippen LogP contribution is 2.21.